The highest BCUT2D eigenvalue weighted by Crippen LogP contribution is 2.25. The molecule has 106 valence electrons. The van der Waals surface area contributed by atoms with Gasteiger partial charge in [-0.1, -0.05) is 37.5 Å². The molecule has 0 saturated heterocycles. The molecule has 0 atom stereocenters. The molecule has 0 aliphatic carbocycles. The van der Waals surface area contributed by atoms with Crippen LogP contribution in [0.15, 0.2) is 33.3 Å². The van der Waals surface area contributed by atoms with Gasteiger partial charge in [0.15, 0.2) is 0 Å². The van der Waals surface area contributed by atoms with E-state index in [2.05, 4.69) is 26.4 Å². The van der Waals surface area contributed by atoms with Gasteiger partial charge in [-0.3, -0.25) is 10.1 Å². The molecule has 1 N–H and O–H groups in total. The van der Waals surface area contributed by atoms with Crippen LogP contribution in [0.1, 0.15) is 36.8 Å². The quantitative estimate of drug-likeness (QED) is 0.852. The van der Waals surface area contributed by atoms with E-state index in [1.54, 1.807) is 24.3 Å². The van der Waals surface area contributed by atoms with Crippen molar-refractivity contribution in [3.05, 3.63) is 45.0 Å². The van der Waals surface area contributed by atoms with Gasteiger partial charge >= 0.3 is 0 Å². The fourth-order valence-electron chi connectivity index (χ4n) is 1.54. The first-order valence-corrected chi connectivity index (χ1v) is 7.18. The van der Waals surface area contributed by atoms with Crippen LogP contribution in [0.25, 0.3) is 0 Å². The van der Waals surface area contributed by atoms with Crippen LogP contribution in [0.2, 0.25) is 5.02 Å². The summed E-state index contributed by atoms with van der Waals surface area (Å²) in [5, 5.41) is 7.18. The van der Waals surface area contributed by atoms with Gasteiger partial charge in [-0.25, -0.2) is 0 Å². The number of halogens is 2. The van der Waals surface area contributed by atoms with Crippen LogP contribution < -0.4 is 5.32 Å². The number of carbonyl (C=O) groups is 1. The lowest BCUT2D eigenvalue weighted by Crippen LogP contribution is -2.13. The molecular formula is C14H14BrClN2O2. The van der Waals surface area contributed by atoms with Crippen molar-refractivity contribution < 1.29 is 9.32 Å². The molecule has 2 aromatic rings. The number of benzene rings is 1. The summed E-state index contributed by atoms with van der Waals surface area (Å²) in [5.74, 6) is 0.0342. The highest BCUT2D eigenvalue weighted by atomic mass is 79.9. The molecule has 0 bridgehead atoms. The first-order valence-electron chi connectivity index (χ1n) is 6.01. The lowest BCUT2D eigenvalue weighted by Gasteiger charge is -2.12. The Kier molecular flexibility index (Phi) is 4.20. The minimum Gasteiger partial charge on any atom is -0.338 e. The number of hydrogen-bond acceptors (Lipinski definition) is 3. The molecule has 6 heteroatoms. The van der Waals surface area contributed by atoms with Gasteiger partial charge in [0.25, 0.3) is 5.91 Å². The summed E-state index contributed by atoms with van der Waals surface area (Å²) in [6.07, 6.45) is 0. The van der Waals surface area contributed by atoms with Gasteiger partial charge in [0.2, 0.25) is 5.88 Å². The maximum absolute atomic E-state index is 12.1. The van der Waals surface area contributed by atoms with Gasteiger partial charge in [-0.2, -0.15) is 0 Å². The van der Waals surface area contributed by atoms with Crippen LogP contribution >= 0.6 is 27.5 Å². The van der Waals surface area contributed by atoms with Crippen molar-refractivity contribution in [3.63, 3.8) is 0 Å². The Hall–Kier alpha value is -1.33. The van der Waals surface area contributed by atoms with E-state index in [4.69, 9.17) is 16.1 Å². The third-order valence-electron chi connectivity index (χ3n) is 2.69. The zero-order valence-corrected chi connectivity index (χ0v) is 13.7. The second-order valence-corrected chi connectivity index (χ2v) is 6.70. The predicted octanol–water partition coefficient (Wildman–Crippen LogP) is 4.64. The summed E-state index contributed by atoms with van der Waals surface area (Å²) in [7, 11) is 0. The second-order valence-electron chi connectivity index (χ2n) is 5.40. The molecule has 1 heterocycles. The number of rotatable bonds is 2. The number of nitrogens with one attached hydrogen (secondary N) is 1. The van der Waals surface area contributed by atoms with Crippen LogP contribution in [-0.4, -0.2) is 11.1 Å². The van der Waals surface area contributed by atoms with Crippen LogP contribution in [0, 0.1) is 0 Å². The highest BCUT2D eigenvalue weighted by molar-refractivity contribution is 9.10. The maximum Gasteiger partial charge on any atom is 0.259 e. The van der Waals surface area contributed by atoms with Crippen LogP contribution in [0.4, 0.5) is 5.88 Å². The van der Waals surface area contributed by atoms with Crippen molar-refractivity contribution in [2.24, 2.45) is 0 Å². The first kappa shape index (κ1) is 15.1. The molecule has 0 spiro atoms. The zero-order valence-electron chi connectivity index (χ0n) is 11.3. The molecule has 1 amide bonds. The van der Waals surface area contributed by atoms with Crippen molar-refractivity contribution in [1.82, 2.24) is 5.16 Å². The second kappa shape index (κ2) is 5.58. The number of amides is 1. The molecule has 0 unspecified atom stereocenters. The van der Waals surface area contributed by atoms with Gasteiger partial charge in [0, 0.05) is 21.0 Å². The van der Waals surface area contributed by atoms with Gasteiger partial charge in [-0.15, -0.1) is 0 Å². The number of anilines is 1. The monoisotopic (exact) mass is 356 g/mol. The summed E-state index contributed by atoms with van der Waals surface area (Å²) in [6.45, 7) is 6.06. The van der Waals surface area contributed by atoms with Gasteiger partial charge in [0.1, 0.15) is 0 Å². The molecule has 1 aromatic carbocycles. The zero-order chi connectivity index (χ0) is 14.9. The Morgan fingerprint density at radius 2 is 2.05 bits per heavy atom. The van der Waals surface area contributed by atoms with E-state index in [1.165, 1.54) is 0 Å². The van der Waals surface area contributed by atoms with E-state index in [9.17, 15) is 4.79 Å². The lowest BCUT2D eigenvalue weighted by molar-refractivity contribution is 0.102. The van der Waals surface area contributed by atoms with E-state index < -0.39 is 0 Å². The molecule has 0 fully saturated rings. The maximum atomic E-state index is 12.1. The summed E-state index contributed by atoms with van der Waals surface area (Å²) in [4.78, 5) is 12.1. The van der Waals surface area contributed by atoms with Crippen molar-refractivity contribution in [2.45, 2.75) is 26.2 Å². The SMILES string of the molecule is CC(C)(C)c1cc(NC(=O)c2ccc(Cl)cc2Br)on1. The number of nitrogens with zero attached hydrogens (tertiary/aromatic N) is 1. The molecule has 0 radical (unpaired) electrons. The number of aromatic nitrogens is 1. The largest absolute Gasteiger partial charge is 0.338 e. The molecule has 0 aliphatic rings. The van der Waals surface area contributed by atoms with Crippen molar-refractivity contribution in [2.75, 3.05) is 5.32 Å². The van der Waals surface area contributed by atoms with Crippen molar-refractivity contribution in [1.29, 1.82) is 0 Å². The van der Waals surface area contributed by atoms with E-state index in [1.807, 2.05) is 20.8 Å². The molecule has 4 nitrogen and oxygen atoms in total. The molecular weight excluding hydrogens is 344 g/mol. The van der Waals surface area contributed by atoms with Crippen molar-refractivity contribution in [3.8, 4) is 0 Å². The molecule has 1 aromatic heterocycles. The lowest BCUT2D eigenvalue weighted by atomic mass is 9.92. The fourth-order valence-corrected chi connectivity index (χ4v) is 2.40. The molecule has 2 rings (SSSR count). The topological polar surface area (TPSA) is 55.1 Å². The van der Waals surface area contributed by atoms with E-state index in [0.717, 1.165) is 5.69 Å². The number of hydrogen-bond donors (Lipinski definition) is 1. The number of carbonyl (C=O) groups excluding carboxylic acids is 1. The normalized spacial score (nSPS) is 11.4. The minimum absolute atomic E-state index is 0.132. The Labute approximate surface area is 130 Å². The van der Waals surface area contributed by atoms with Gasteiger partial charge in [0.05, 0.1) is 11.3 Å². The van der Waals surface area contributed by atoms with E-state index in [0.29, 0.717) is 20.9 Å². The van der Waals surface area contributed by atoms with E-state index >= 15 is 0 Å². The van der Waals surface area contributed by atoms with Crippen LogP contribution in [0.5, 0.6) is 0 Å². The Bertz CT molecular complexity index is 647. The smallest absolute Gasteiger partial charge is 0.259 e. The standard InChI is InChI=1S/C14H14BrClN2O2/c1-14(2,3)11-7-12(20-18-11)17-13(19)9-5-4-8(16)6-10(9)15/h4-7H,1-3H3,(H,17,19). The fraction of sp³-hybridized carbons (Fsp3) is 0.286. The van der Waals surface area contributed by atoms with Gasteiger partial charge in [-0.05, 0) is 34.1 Å². The third-order valence-corrected chi connectivity index (χ3v) is 3.58. The third kappa shape index (κ3) is 3.41. The Morgan fingerprint density at radius 3 is 2.60 bits per heavy atom. The Morgan fingerprint density at radius 1 is 1.35 bits per heavy atom. The highest BCUT2D eigenvalue weighted by Gasteiger charge is 2.20. The summed E-state index contributed by atoms with van der Waals surface area (Å²) >= 11 is 9.15. The van der Waals surface area contributed by atoms with Gasteiger partial charge < -0.3 is 4.52 Å². The van der Waals surface area contributed by atoms with Crippen LogP contribution in [-0.2, 0) is 5.41 Å². The Balaban J connectivity index is 2.17. The van der Waals surface area contributed by atoms with E-state index in [-0.39, 0.29) is 11.3 Å². The molecule has 20 heavy (non-hydrogen) atoms. The average Bonchev–Trinajstić information content (AvgIpc) is 2.76. The minimum atomic E-state index is -0.287. The average molecular weight is 358 g/mol. The summed E-state index contributed by atoms with van der Waals surface area (Å²) in [6, 6.07) is 6.68. The van der Waals surface area contributed by atoms with Crippen molar-refractivity contribution >= 4 is 39.3 Å². The predicted molar refractivity (Wildman–Crippen MR) is 82.3 cm³/mol. The summed E-state index contributed by atoms with van der Waals surface area (Å²) < 4.78 is 5.75. The van der Waals surface area contributed by atoms with Crippen LogP contribution in [0.3, 0.4) is 0 Å². The molecule has 0 saturated carbocycles. The molecule has 0 aliphatic heterocycles. The first-order chi connectivity index (χ1) is 9.27. The summed E-state index contributed by atoms with van der Waals surface area (Å²) in [5.41, 5.74) is 1.12.